The highest BCUT2D eigenvalue weighted by atomic mass is 16.5. The molecule has 1 amide bonds. The van der Waals surface area contributed by atoms with E-state index >= 15 is 0 Å². The number of hydrogen-bond acceptors (Lipinski definition) is 5. The molecule has 0 saturated carbocycles. The topological polar surface area (TPSA) is 67.4 Å². The Bertz CT molecular complexity index is 421. The van der Waals surface area contributed by atoms with Crippen molar-refractivity contribution >= 4 is 11.7 Å². The highest BCUT2D eigenvalue weighted by Crippen LogP contribution is 2.14. The summed E-state index contributed by atoms with van der Waals surface area (Å²) in [5.41, 5.74) is 0.388. The standard InChI is InChI=1S/C13H20N4O2/c1-3-7-14-12-5-4-11(15-16-12)13(18)17-8-6-10(9-17)19-2/h4-5,10H,3,6-9H2,1-2H3,(H,14,16). The van der Waals surface area contributed by atoms with Gasteiger partial charge < -0.3 is 15.0 Å². The molecule has 6 heteroatoms. The average molecular weight is 264 g/mol. The van der Waals surface area contributed by atoms with Crippen LogP contribution < -0.4 is 5.32 Å². The van der Waals surface area contributed by atoms with Crippen LogP contribution in [-0.4, -0.2) is 53.9 Å². The van der Waals surface area contributed by atoms with E-state index in [1.165, 1.54) is 0 Å². The Labute approximate surface area is 113 Å². The quantitative estimate of drug-likeness (QED) is 0.864. The van der Waals surface area contributed by atoms with E-state index in [9.17, 15) is 4.79 Å². The minimum Gasteiger partial charge on any atom is -0.380 e. The number of nitrogens with one attached hydrogen (secondary N) is 1. The third kappa shape index (κ3) is 3.41. The molecule has 1 atom stereocenters. The van der Waals surface area contributed by atoms with Gasteiger partial charge in [0.15, 0.2) is 5.69 Å². The van der Waals surface area contributed by atoms with Crippen LogP contribution in [0.15, 0.2) is 12.1 Å². The summed E-state index contributed by atoms with van der Waals surface area (Å²) >= 11 is 0. The van der Waals surface area contributed by atoms with Gasteiger partial charge in [0.1, 0.15) is 5.82 Å². The highest BCUT2D eigenvalue weighted by molar-refractivity contribution is 5.92. The molecule has 0 radical (unpaired) electrons. The lowest BCUT2D eigenvalue weighted by Gasteiger charge is -2.15. The van der Waals surface area contributed by atoms with Crippen LogP contribution in [0.3, 0.4) is 0 Å². The monoisotopic (exact) mass is 264 g/mol. The fourth-order valence-electron chi connectivity index (χ4n) is 2.06. The van der Waals surface area contributed by atoms with Gasteiger partial charge in [0.05, 0.1) is 6.10 Å². The van der Waals surface area contributed by atoms with Gasteiger partial charge in [-0.05, 0) is 25.0 Å². The van der Waals surface area contributed by atoms with Crippen molar-refractivity contribution in [2.24, 2.45) is 0 Å². The summed E-state index contributed by atoms with van der Waals surface area (Å²) in [5.74, 6) is 0.628. The van der Waals surface area contributed by atoms with Crippen molar-refractivity contribution in [3.63, 3.8) is 0 Å². The van der Waals surface area contributed by atoms with Gasteiger partial charge in [0, 0.05) is 26.7 Å². The van der Waals surface area contributed by atoms with Gasteiger partial charge in [-0.15, -0.1) is 10.2 Å². The first kappa shape index (κ1) is 13.7. The maximum absolute atomic E-state index is 12.2. The molecule has 1 aliphatic rings. The molecular weight excluding hydrogens is 244 g/mol. The van der Waals surface area contributed by atoms with Crippen LogP contribution in [0.1, 0.15) is 30.3 Å². The number of nitrogens with zero attached hydrogens (tertiary/aromatic N) is 3. The number of carbonyl (C=O) groups is 1. The Morgan fingerprint density at radius 2 is 2.37 bits per heavy atom. The Morgan fingerprint density at radius 1 is 1.53 bits per heavy atom. The first-order valence-electron chi connectivity index (χ1n) is 6.64. The summed E-state index contributed by atoms with van der Waals surface area (Å²) in [5, 5.41) is 11.1. The third-order valence-corrected chi connectivity index (χ3v) is 3.21. The Kier molecular flexibility index (Phi) is 4.68. The lowest BCUT2D eigenvalue weighted by atomic mass is 10.3. The predicted octanol–water partition coefficient (Wildman–Crippen LogP) is 1.16. The SMILES string of the molecule is CCCNc1ccc(C(=O)N2CCC(OC)C2)nn1. The van der Waals surface area contributed by atoms with Crippen molar-refractivity contribution < 1.29 is 9.53 Å². The molecule has 2 rings (SSSR count). The fourth-order valence-corrected chi connectivity index (χ4v) is 2.06. The second-order valence-corrected chi connectivity index (χ2v) is 4.63. The summed E-state index contributed by atoms with van der Waals surface area (Å²) in [6.07, 6.45) is 2.04. The first-order chi connectivity index (χ1) is 9.24. The number of rotatable bonds is 5. The smallest absolute Gasteiger partial charge is 0.274 e. The first-order valence-corrected chi connectivity index (χ1v) is 6.64. The Hall–Kier alpha value is -1.69. The number of carbonyl (C=O) groups excluding carboxylic acids is 1. The van der Waals surface area contributed by atoms with Gasteiger partial charge in [-0.1, -0.05) is 6.92 Å². The van der Waals surface area contributed by atoms with Crippen LogP contribution in [0.2, 0.25) is 0 Å². The zero-order chi connectivity index (χ0) is 13.7. The summed E-state index contributed by atoms with van der Waals surface area (Å²) in [7, 11) is 1.67. The number of amides is 1. The second kappa shape index (κ2) is 6.47. The molecule has 1 N–H and O–H groups in total. The maximum atomic E-state index is 12.2. The molecule has 0 bridgehead atoms. The average Bonchev–Trinajstić information content (AvgIpc) is 2.94. The largest absolute Gasteiger partial charge is 0.380 e. The second-order valence-electron chi connectivity index (χ2n) is 4.63. The number of ether oxygens (including phenoxy) is 1. The number of methoxy groups -OCH3 is 1. The molecule has 19 heavy (non-hydrogen) atoms. The van der Waals surface area contributed by atoms with Gasteiger partial charge in [-0.25, -0.2) is 0 Å². The van der Waals surface area contributed by atoms with E-state index in [4.69, 9.17) is 4.74 Å². The van der Waals surface area contributed by atoms with E-state index in [1.54, 1.807) is 24.1 Å². The molecular formula is C13H20N4O2. The van der Waals surface area contributed by atoms with E-state index in [1.807, 2.05) is 0 Å². The predicted molar refractivity (Wildman–Crippen MR) is 72.1 cm³/mol. The molecule has 1 aromatic heterocycles. The molecule has 0 aromatic carbocycles. The molecule has 1 fully saturated rings. The lowest BCUT2D eigenvalue weighted by molar-refractivity contribution is 0.0718. The normalized spacial score (nSPS) is 18.6. The molecule has 1 aliphatic heterocycles. The van der Waals surface area contributed by atoms with Crippen molar-refractivity contribution in [2.75, 3.05) is 32.1 Å². The molecule has 1 aromatic rings. The van der Waals surface area contributed by atoms with Gasteiger partial charge in [0.2, 0.25) is 0 Å². The lowest BCUT2D eigenvalue weighted by Crippen LogP contribution is -2.30. The third-order valence-electron chi connectivity index (χ3n) is 3.21. The van der Waals surface area contributed by atoms with Crippen LogP contribution in [0.25, 0.3) is 0 Å². The zero-order valence-electron chi connectivity index (χ0n) is 11.4. The van der Waals surface area contributed by atoms with Crippen LogP contribution in [0.4, 0.5) is 5.82 Å². The minimum atomic E-state index is -0.0749. The summed E-state index contributed by atoms with van der Waals surface area (Å²) < 4.78 is 5.25. The molecule has 2 heterocycles. The summed E-state index contributed by atoms with van der Waals surface area (Å²) in [6.45, 7) is 4.28. The van der Waals surface area contributed by atoms with Crippen molar-refractivity contribution in [3.05, 3.63) is 17.8 Å². The fraction of sp³-hybridized carbons (Fsp3) is 0.615. The number of anilines is 1. The molecule has 6 nitrogen and oxygen atoms in total. The number of hydrogen-bond donors (Lipinski definition) is 1. The summed E-state index contributed by atoms with van der Waals surface area (Å²) in [4.78, 5) is 13.9. The van der Waals surface area contributed by atoms with Crippen molar-refractivity contribution in [1.29, 1.82) is 0 Å². The molecule has 0 spiro atoms. The van der Waals surface area contributed by atoms with E-state index in [2.05, 4.69) is 22.4 Å². The van der Waals surface area contributed by atoms with Gasteiger partial charge in [0.25, 0.3) is 5.91 Å². The van der Waals surface area contributed by atoms with E-state index in [0.717, 1.165) is 25.9 Å². The Balaban J connectivity index is 1.96. The van der Waals surface area contributed by atoms with E-state index in [0.29, 0.717) is 18.1 Å². The van der Waals surface area contributed by atoms with Gasteiger partial charge >= 0.3 is 0 Å². The zero-order valence-corrected chi connectivity index (χ0v) is 11.4. The number of aromatic nitrogens is 2. The maximum Gasteiger partial charge on any atom is 0.274 e. The molecule has 104 valence electrons. The van der Waals surface area contributed by atoms with Crippen molar-refractivity contribution in [2.45, 2.75) is 25.9 Å². The minimum absolute atomic E-state index is 0.0749. The van der Waals surface area contributed by atoms with E-state index in [-0.39, 0.29) is 12.0 Å². The van der Waals surface area contributed by atoms with Gasteiger partial charge in [-0.2, -0.15) is 0 Å². The molecule has 1 unspecified atom stereocenters. The molecule has 0 aliphatic carbocycles. The van der Waals surface area contributed by atoms with Gasteiger partial charge in [-0.3, -0.25) is 4.79 Å². The Morgan fingerprint density at radius 3 is 2.95 bits per heavy atom. The van der Waals surface area contributed by atoms with Crippen LogP contribution in [0, 0.1) is 0 Å². The molecule has 1 saturated heterocycles. The highest BCUT2D eigenvalue weighted by Gasteiger charge is 2.27. The van der Waals surface area contributed by atoms with Crippen LogP contribution in [-0.2, 0) is 4.74 Å². The van der Waals surface area contributed by atoms with Crippen LogP contribution in [0.5, 0.6) is 0 Å². The van der Waals surface area contributed by atoms with Crippen molar-refractivity contribution in [3.8, 4) is 0 Å². The van der Waals surface area contributed by atoms with Crippen LogP contribution >= 0.6 is 0 Å². The summed E-state index contributed by atoms with van der Waals surface area (Å²) in [6, 6.07) is 3.51. The number of likely N-dealkylation sites (tertiary alicyclic amines) is 1. The van der Waals surface area contributed by atoms with E-state index < -0.39 is 0 Å². The van der Waals surface area contributed by atoms with Crippen molar-refractivity contribution in [1.82, 2.24) is 15.1 Å².